The number of esters is 1. The number of halogens is 1. The Morgan fingerprint density at radius 3 is 2.55 bits per heavy atom. The summed E-state index contributed by atoms with van der Waals surface area (Å²) in [6.45, 7) is 0. The fourth-order valence-electron chi connectivity index (χ4n) is 2.03. The molecule has 104 valence electrons. The zero-order valence-electron chi connectivity index (χ0n) is 11.2. The van der Waals surface area contributed by atoms with Gasteiger partial charge in [-0.05, 0) is 23.6 Å². The minimum absolute atomic E-state index is 0.404. The van der Waals surface area contributed by atoms with Crippen LogP contribution in [0.1, 0.15) is 5.56 Å². The summed E-state index contributed by atoms with van der Waals surface area (Å²) in [5.74, 6) is -0.423. The molecule has 0 aliphatic heterocycles. The molecule has 2 aromatic carbocycles. The summed E-state index contributed by atoms with van der Waals surface area (Å²) in [4.78, 5) is 11.3. The molecule has 1 atom stereocenters. The van der Waals surface area contributed by atoms with Crippen LogP contribution in [0.2, 0.25) is 5.02 Å². The summed E-state index contributed by atoms with van der Waals surface area (Å²) in [5, 5.41) is 0.644. The highest BCUT2D eigenvalue weighted by Crippen LogP contribution is 2.28. The quantitative estimate of drug-likeness (QED) is 0.880. The van der Waals surface area contributed by atoms with Gasteiger partial charge >= 0.3 is 5.97 Å². The van der Waals surface area contributed by atoms with E-state index in [0.717, 1.165) is 16.7 Å². The normalized spacial score (nSPS) is 11.9. The van der Waals surface area contributed by atoms with E-state index in [1.165, 1.54) is 7.11 Å². The second-order valence-corrected chi connectivity index (χ2v) is 4.92. The Hall–Kier alpha value is -1.84. The molecule has 0 unspecified atom stereocenters. The lowest BCUT2D eigenvalue weighted by atomic mass is 10.0. The first-order valence-corrected chi connectivity index (χ1v) is 6.67. The van der Waals surface area contributed by atoms with Gasteiger partial charge in [0.15, 0.2) is 0 Å². The first kappa shape index (κ1) is 14.6. The molecule has 4 heteroatoms. The summed E-state index contributed by atoms with van der Waals surface area (Å²) in [6, 6.07) is 14.9. The van der Waals surface area contributed by atoms with E-state index >= 15 is 0 Å². The Kier molecular flexibility index (Phi) is 4.77. The summed E-state index contributed by atoms with van der Waals surface area (Å²) >= 11 is 6.30. The molecular weight excluding hydrogens is 274 g/mol. The Morgan fingerprint density at radius 1 is 1.25 bits per heavy atom. The minimum Gasteiger partial charge on any atom is -0.468 e. The van der Waals surface area contributed by atoms with Gasteiger partial charge in [-0.1, -0.05) is 54.1 Å². The van der Waals surface area contributed by atoms with Crippen LogP contribution < -0.4 is 5.73 Å². The van der Waals surface area contributed by atoms with Crippen molar-refractivity contribution in [2.75, 3.05) is 7.11 Å². The van der Waals surface area contributed by atoms with Gasteiger partial charge < -0.3 is 10.5 Å². The maximum Gasteiger partial charge on any atom is 0.322 e. The maximum atomic E-state index is 11.3. The summed E-state index contributed by atoms with van der Waals surface area (Å²) in [7, 11) is 1.33. The van der Waals surface area contributed by atoms with Crippen LogP contribution in [0.15, 0.2) is 48.5 Å². The molecule has 3 nitrogen and oxygen atoms in total. The van der Waals surface area contributed by atoms with Crippen LogP contribution >= 0.6 is 11.6 Å². The van der Waals surface area contributed by atoms with E-state index in [-0.39, 0.29) is 0 Å². The highest BCUT2D eigenvalue weighted by Gasteiger charge is 2.15. The van der Waals surface area contributed by atoms with Crippen LogP contribution in [0.3, 0.4) is 0 Å². The van der Waals surface area contributed by atoms with Gasteiger partial charge in [-0.3, -0.25) is 4.79 Å². The lowest BCUT2D eigenvalue weighted by molar-refractivity contribution is -0.142. The predicted octanol–water partition coefficient (Wildman–Crippen LogP) is 3.05. The third-order valence-electron chi connectivity index (χ3n) is 3.08. The average molecular weight is 290 g/mol. The minimum atomic E-state index is -0.668. The van der Waals surface area contributed by atoms with E-state index in [2.05, 4.69) is 4.74 Å². The van der Waals surface area contributed by atoms with Gasteiger partial charge in [0.05, 0.1) is 7.11 Å². The number of ether oxygens (including phenoxy) is 1. The number of hydrogen-bond acceptors (Lipinski definition) is 3. The molecule has 0 saturated heterocycles. The number of benzene rings is 2. The highest BCUT2D eigenvalue weighted by molar-refractivity contribution is 6.33. The van der Waals surface area contributed by atoms with Crippen molar-refractivity contribution in [3.63, 3.8) is 0 Å². The molecule has 0 aliphatic rings. The molecule has 0 radical (unpaired) electrons. The number of carbonyl (C=O) groups is 1. The van der Waals surface area contributed by atoms with Crippen LogP contribution in [0.5, 0.6) is 0 Å². The molecule has 0 aromatic heterocycles. The lowest BCUT2D eigenvalue weighted by Gasteiger charge is -2.11. The number of rotatable bonds is 4. The fraction of sp³-hybridized carbons (Fsp3) is 0.188. The maximum absolute atomic E-state index is 11.3. The number of carbonyl (C=O) groups excluding carboxylic acids is 1. The predicted molar refractivity (Wildman–Crippen MR) is 80.6 cm³/mol. The van der Waals surface area contributed by atoms with Crippen molar-refractivity contribution >= 4 is 17.6 Å². The largest absolute Gasteiger partial charge is 0.468 e. The van der Waals surface area contributed by atoms with Crippen molar-refractivity contribution in [1.29, 1.82) is 0 Å². The van der Waals surface area contributed by atoms with Gasteiger partial charge in [0, 0.05) is 10.6 Å². The van der Waals surface area contributed by atoms with Crippen LogP contribution in [-0.4, -0.2) is 19.1 Å². The van der Waals surface area contributed by atoms with Gasteiger partial charge in [-0.2, -0.15) is 0 Å². The van der Waals surface area contributed by atoms with E-state index in [9.17, 15) is 4.79 Å². The van der Waals surface area contributed by atoms with Crippen molar-refractivity contribution in [1.82, 2.24) is 0 Å². The molecule has 0 spiro atoms. The second kappa shape index (κ2) is 6.55. The molecular formula is C16H16ClNO2. The second-order valence-electron chi connectivity index (χ2n) is 4.51. The van der Waals surface area contributed by atoms with Gasteiger partial charge in [-0.15, -0.1) is 0 Å². The molecule has 0 amide bonds. The van der Waals surface area contributed by atoms with Crippen molar-refractivity contribution < 1.29 is 9.53 Å². The standard InChI is InChI=1S/C16H16ClNO2/c1-20-16(19)15(18)10-11-7-8-13(14(17)9-11)12-5-3-2-4-6-12/h2-9,15H,10,18H2,1H3/t15-/m0/s1. The molecule has 0 saturated carbocycles. The molecule has 0 heterocycles. The third-order valence-corrected chi connectivity index (χ3v) is 3.39. The van der Waals surface area contributed by atoms with E-state index in [1.807, 2.05) is 48.5 Å². The summed E-state index contributed by atoms with van der Waals surface area (Å²) in [5.41, 5.74) is 8.67. The highest BCUT2D eigenvalue weighted by atomic mass is 35.5. The summed E-state index contributed by atoms with van der Waals surface area (Å²) in [6.07, 6.45) is 0.404. The zero-order chi connectivity index (χ0) is 14.5. The van der Waals surface area contributed by atoms with Gasteiger partial charge in [0.1, 0.15) is 6.04 Å². The average Bonchev–Trinajstić information content (AvgIpc) is 2.47. The van der Waals surface area contributed by atoms with E-state index in [4.69, 9.17) is 17.3 Å². The number of hydrogen-bond donors (Lipinski definition) is 1. The molecule has 2 aromatic rings. The van der Waals surface area contributed by atoms with Crippen molar-refractivity contribution in [2.45, 2.75) is 12.5 Å². The van der Waals surface area contributed by atoms with Crippen molar-refractivity contribution in [3.05, 3.63) is 59.1 Å². The molecule has 2 N–H and O–H groups in total. The fourth-order valence-corrected chi connectivity index (χ4v) is 2.34. The van der Waals surface area contributed by atoms with Crippen LogP contribution in [0.4, 0.5) is 0 Å². The Morgan fingerprint density at radius 2 is 1.95 bits per heavy atom. The monoisotopic (exact) mass is 289 g/mol. The topological polar surface area (TPSA) is 52.3 Å². The Balaban J connectivity index is 2.20. The van der Waals surface area contributed by atoms with Crippen LogP contribution in [-0.2, 0) is 16.0 Å². The van der Waals surface area contributed by atoms with E-state index in [1.54, 1.807) is 0 Å². The van der Waals surface area contributed by atoms with Gasteiger partial charge in [-0.25, -0.2) is 0 Å². The SMILES string of the molecule is COC(=O)[C@@H](N)Cc1ccc(-c2ccccc2)c(Cl)c1. The molecule has 20 heavy (non-hydrogen) atoms. The van der Waals surface area contributed by atoms with E-state index < -0.39 is 12.0 Å². The lowest BCUT2D eigenvalue weighted by Crippen LogP contribution is -2.33. The van der Waals surface area contributed by atoms with Crippen LogP contribution in [0.25, 0.3) is 11.1 Å². The number of methoxy groups -OCH3 is 1. The molecule has 2 rings (SSSR count). The van der Waals surface area contributed by atoms with Crippen LogP contribution in [0, 0.1) is 0 Å². The first-order valence-electron chi connectivity index (χ1n) is 6.29. The smallest absolute Gasteiger partial charge is 0.322 e. The number of nitrogens with two attached hydrogens (primary N) is 1. The van der Waals surface area contributed by atoms with E-state index in [0.29, 0.717) is 11.4 Å². The van der Waals surface area contributed by atoms with Gasteiger partial charge in [0.2, 0.25) is 0 Å². The first-order chi connectivity index (χ1) is 9.61. The Bertz CT molecular complexity index is 599. The Labute approximate surface area is 123 Å². The third kappa shape index (κ3) is 3.38. The van der Waals surface area contributed by atoms with Crippen molar-refractivity contribution in [2.24, 2.45) is 5.73 Å². The molecule has 0 aliphatic carbocycles. The van der Waals surface area contributed by atoms with Crippen molar-refractivity contribution in [3.8, 4) is 11.1 Å². The molecule has 0 bridgehead atoms. The molecule has 0 fully saturated rings. The van der Waals surface area contributed by atoms with Gasteiger partial charge in [0.25, 0.3) is 0 Å². The zero-order valence-corrected chi connectivity index (χ0v) is 11.9. The summed E-state index contributed by atoms with van der Waals surface area (Å²) < 4.78 is 4.61.